The molecule has 0 aromatic rings. The van der Waals surface area contributed by atoms with E-state index in [0.29, 0.717) is 12.1 Å². The van der Waals surface area contributed by atoms with Gasteiger partial charge in [-0.05, 0) is 58.5 Å². The number of rotatable bonds is 6. The second-order valence-corrected chi connectivity index (χ2v) is 6.65. The molecule has 0 amide bonds. The van der Waals surface area contributed by atoms with Crippen molar-refractivity contribution in [2.75, 3.05) is 33.4 Å². The van der Waals surface area contributed by atoms with Gasteiger partial charge in [-0.15, -0.1) is 0 Å². The van der Waals surface area contributed by atoms with Gasteiger partial charge in [-0.2, -0.15) is 0 Å². The Morgan fingerprint density at radius 3 is 2.80 bits per heavy atom. The third kappa shape index (κ3) is 4.17. The Kier molecular flexibility index (Phi) is 6.27. The number of hydrogen-bond donors (Lipinski definition) is 2. The lowest BCUT2D eigenvalue weighted by Crippen LogP contribution is -2.56. The van der Waals surface area contributed by atoms with Crippen LogP contribution in [0.4, 0.5) is 0 Å². The molecule has 1 aliphatic heterocycles. The third-order valence-electron chi connectivity index (χ3n) is 5.06. The maximum Gasteiger partial charge on any atom is 0.0702 e. The van der Waals surface area contributed by atoms with E-state index in [0.717, 1.165) is 32.5 Å². The van der Waals surface area contributed by atoms with Gasteiger partial charge in [0.25, 0.3) is 0 Å². The molecule has 0 aromatic carbocycles. The average Bonchev–Trinajstić information content (AvgIpc) is 2.49. The Morgan fingerprint density at radius 1 is 1.30 bits per heavy atom. The van der Waals surface area contributed by atoms with Crippen molar-refractivity contribution in [1.82, 2.24) is 10.2 Å². The quantitative estimate of drug-likeness (QED) is 0.780. The first-order valence-corrected chi connectivity index (χ1v) is 8.37. The molecule has 4 nitrogen and oxygen atoms in total. The van der Waals surface area contributed by atoms with Crippen molar-refractivity contribution in [3.05, 3.63) is 0 Å². The van der Waals surface area contributed by atoms with Gasteiger partial charge < -0.3 is 20.1 Å². The Hall–Kier alpha value is -0.160. The standard InChI is InChI=1S/C16H32N2O2/c1-3-17-16(13-19)9-6-7-14(11-16)18(2)12-15-8-4-5-10-20-15/h14-15,17,19H,3-13H2,1-2H3. The fourth-order valence-corrected chi connectivity index (χ4v) is 3.86. The summed E-state index contributed by atoms with van der Waals surface area (Å²) in [6.45, 7) is 5.29. The average molecular weight is 284 g/mol. The van der Waals surface area contributed by atoms with E-state index >= 15 is 0 Å². The van der Waals surface area contributed by atoms with E-state index in [-0.39, 0.29) is 12.1 Å². The highest BCUT2D eigenvalue weighted by Crippen LogP contribution is 2.31. The lowest BCUT2D eigenvalue weighted by Gasteiger charge is -2.44. The minimum Gasteiger partial charge on any atom is -0.394 e. The van der Waals surface area contributed by atoms with E-state index in [1.807, 2.05) is 0 Å². The predicted octanol–water partition coefficient (Wildman–Crippen LogP) is 1.77. The number of nitrogens with zero attached hydrogens (tertiary/aromatic N) is 1. The van der Waals surface area contributed by atoms with Crippen LogP contribution in [-0.2, 0) is 4.74 Å². The molecule has 1 heterocycles. The van der Waals surface area contributed by atoms with Crippen LogP contribution in [0.1, 0.15) is 51.9 Å². The second kappa shape index (κ2) is 7.74. The van der Waals surface area contributed by atoms with Crippen LogP contribution in [0, 0.1) is 0 Å². The molecular formula is C16H32N2O2. The van der Waals surface area contributed by atoms with Gasteiger partial charge in [0.05, 0.1) is 12.7 Å². The lowest BCUT2D eigenvalue weighted by atomic mass is 9.78. The number of ether oxygens (including phenoxy) is 1. The zero-order valence-corrected chi connectivity index (χ0v) is 13.2. The molecule has 2 N–H and O–H groups in total. The Balaban J connectivity index is 1.86. The van der Waals surface area contributed by atoms with E-state index in [1.54, 1.807) is 0 Å². The van der Waals surface area contributed by atoms with Crippen LogP contribution < -0.4 is 5.32 Å². The summed E-state index contributed by atoms with van der Waals surface area (Å²) in [7, 11) is 2.22. The third-order valence-corrected chi connectivity index (χ3v) is 5.06. The highest BCUT2D eigenvalue weighted by molar-refractivity contribution is 4.96. The monoisotopic (exact) mass is 284 g/mol. The molecule has 2 aliphatic rings. The van der Waals surface area contributed by atoms with Crippen LogP contribution in [-0.4, -0.2) is 61.0 Å². The number of nitrogens with one attached hydrogen (secondary N) is 1. The van der Waals surface area contributed by atoms with Crippen molar-refractivity contribution in [3.63, 3.8) is 0 Å². The SMILES string of the molecule is CCNC1(CO)CCCC(N(C)CC2CCCCO2)C1. The topological polar surface area (TPSA) is 44.7 Å². The van der Waals surface area contributed by atoms with Crippen LogP contribution in [0.15, 0.2) is 0 Å². The van der Waals surface area contributed by atoms with Gasteiger partial charge in [-0.3, -0.25) is 0 Å². The minimum atomic E-state index is -0.0562. The first kappa shape index (κ1) is 16.2. The molecule has 1 saturated heterocycles. The summed E-state index contributed by atoms with van der Waals surface area (Å²) in [5.74, 6) is 0. The van der Waals surface area contributed by atoms with E-state index in [1.165, 1.54) is 32.1 Å². The van der Waals surface area contributed by atoms with Crippen molar-refractivity contribution < 1.29 is 9.84 Å². The first-order valence-electron chi connectivity index (χ1n) is 8.37. The molecule has 1 aliphatic carbocycles. The van der Waals surface area contributed by atoms with Gasteiger partial charge in [0.15, 0.2) is 0 Å². The van der Waals surface area contributed by atoms with Gasteiger partial charge in [0, 0.05) is 24.7 Å². The Morgan fingerprint density at radius 2 is 2.15 bits per heavy atom. The summed E-state index contributed by atoms with van der Waals surface area (Å²) in [6.07, 6.45) is 8.75. The normalized spacial score (nSPS) is 35.4. The minimum absolute atomic E-state index is 0.0562. The molecule has 0 aromatic heterocycles. The summed E-state index contributed by atoms with van der Waals surface area (Å²) < 4.78 is 5.86. The van der Waals surface area contributed by atoms with E-state index in [9.17, 15) is 5.11 Å². The molecule has 0 radical (unpaired) electrons. The highest BCUT2D eigenvalue weighted by Gasteiger charge is 2.36. The molecule has 3 atom stereocenters. The lowest BCUT2D eigenvalue weighted by molar-refractivity contribution is -0.0177. The van der Waals surface area contributed by atoms with Gasteiger partial charge in [-0.25, -0.2) is 0 Å². The summed E-state index contributed by atoms with van der Waals surface area (Å²) in [5.41, 5.74) is -0.0562. The summed E-state index contributed by atoms with van der Waals surface area (Å²) in [5, 5.41) is 13.3. The molecule has 0 bridgehead atoms. The maximum atomic E-state index is 9.79. The van der Waals surface area contributed by atoms with Crippen molar-refractivity contribution in [2.45, 2.75) is 69.6 Å². The molecular weight excluding hydrogens is 252 g/mol. The summed E-state index contributed by atoms with van der Waals surface area (Å²) >= 11 is 0. The summed E-state index contributed by atoms with van der Waals surface area (Å²) in [6, 6.07) is 0.570. The molecule has 118 valence electrons. The van der Waals surface area contributed by atoms with Crippen LogP contribution in [0.25, 0.3) is 0 Å². The Bertz CT molecular complexity index is 278. The molecule has 20 heavy (non-hydrogen) atoms. The molecule has 0 spiro atoms. The van der Waals surface area contributed by atoms with Gasteiger partial charge in [-0.1, -0.05) is 6.92 Å². The van der Waals surface area contributed by atoms with E-state index in [2.05, 4.69) is 24.2 Å². The fourth-order valence-electron chi connectivity index (χ4n) is 3.86. The predicted molar refractivity (Wildman–Crippen MR) is 82.0 cm³/mol. The van der Waals surface area contributed by atoms with Crippen LogP contribution >= 0.6 is 0 Å². The zero-order valence-electron chi connectivity index (χ0n) is 13.2. The number of aliphatic hydroxyl groups excluding tert-OH is 1. The largest absolute Gasteiger partial charge is 0.394 e. The van der Waals surface area contributed by atoms with Gasteiger partial charge in [0.2, 0.25) is 0 Å². The highest BCUT2D eigenvalue weighted by atomic mass is 16.5. The number of likely N-dealkylation sites (N-methyl/N-ethyl adjacent to an activating group) is 2. The van der Waals surface area contributed by atoms with Crippen molar-refractivity contribution in [3.8, 4) is 0 Å². The molecule has 2 rings (SSSR count). The fraction of sp³-hybridized carbons (Fsp3) is 1.00. The zero-order chi connectivity index (χ0) is 14.4. The van der Waals surface area contributed by atoms with E-state index in [4.69, 9.17) is 4.74 Å². The van der Waals surface area contributed by atoms with Gasteiger partial charge >= 0.3 is 0 Å². The summed E-state index contributed by atoms with van der Waals surface area (Å²) in [4.78, 5) is 2.47. The van der Waals surface area contributed by atoms with Gasteiger partial charge in [0.1, 0.15) is 0 Å². The number of aliphatic hydroxyl groups is 1. The van der Waals surface area contributed by atoms with Crippen LogP contribution in [0.3, 0.4) is 0 Å². The smallest absolute Gasteiger partial charge is 0.0702 e. The molecule has 3 unspecified atom stereocenters. The van der Waals surface area contributed by atoms with Crippen molar-refractivity contribution in [1.29, 1.82) is 0 Å². The first-order chi connectivity index (χ1) is 9.69. The number of hydrogen-bond acceptors (Lipinski definition) is 4. The van der Waals surface area contributed by atoms with Crippen molar-refractivity contribution >= 4 is 0 Å². The second-order valence-electron chi connectivity index (χ2n) is 6.65. The van der Waals surface area contributed by atoms with Crippen LogP contribution in [0.2, 0.25) is 0 Å². The molecule has 4 heteroatoms. The molecule has 2 fully saturated rings. The van der Waals surface area contributed by atoms with Crippen LogP contribution in [0.5, 0.6) is 0 Å². The maximum absolute atomic E-state index is 9.79. The molecule has 1 saturated carbocycles. The van der Waals surface area contributed by atoms with Crippen molar-refractivity contribution in [2.24, 2.45) is 0 Å². The Labute approximate surface area is 123 Å². The van der Waals surface area contributed by atoms with E-state index < -0.39 is 0 Å².